The number of non-ortho nitro benzene ring substituents is 1. The van der Waals surface area contributed by atoms with Crippen molar-refractivity contribution in [1.29, 1.82) is 0 Å². The van der Waals surface area contributed by atoms with Crippen molar-refractivity contribution in [2.75, 3.05) is 31.1 Å². The molecule has 1 atom stereocenters. The quantitative estimate of drug-likeness (QED) is 0.221. The van der Waals surface area contributed by atoms with Gasteiger partial charge >= 0.3 is 6.18 Å². The minimum absolute atomic E-state index is 0.0660. The van der Waals surface area contributed by atoms with Crippen molar-refractivity contribution in [3.05, 3.63) is 72.8 Å². The highest BCUT2D eigenvalue weighted by molar-refractivity contribution is 7.22. The summed E-state index contributed by atoms with van der Waals surface area (Å²) in [5.74, 6) is -0.458. The molecule has 1 spiro atoms. The second-order valence-electron chi connectivity index (χ2n) is 9.67. The number of aromatic nitrogens is 1. The predicted octanol–water partition coefficient (Wildman–Crippen LogP) is 6.04. The van der Waals surface area contributed by atoms with Crippen LogP contribution >= 0.6 is 22.9 Å². The molecule has 37 heavy (non-hydrogen) atoms. The first-order chi connectivity index (χ1) is 17.4. The molecule has 2 fully saturated rings. The van der Waals surface area contributed by atoms with Crippen LogP contribution in [0.25, 0.3) is 10.1 Å². The molecule has 0 N–H and O–H groups in total. The zero-order chi connectivity index (χ0) is 26.7. The lowest BCUT2D eigenvalue weighted by atomic mass is 9.71. The zero-order valence-electron chi connectivity index (χ0n) is 19.5. The van der Waals surface area contributed by atoms with Gasteiger partial charge < -0.3 is 4.90 Å². The Morgan fingerprint density at radius 1 is 1.19 bits per heavy atom. The van der Waals surface area contributed by atoms with Gasteiger partial charge in [0.05, 0.1) is 20.9 Å². The van der Waals surface area contributed by atoms with Crippen LogP contribution in [0.5, 0.6) is 0 Å². The number of nitro groups is 1. The Hall–Kier alpha value is -2.83. The monoisotopic (exact) mass is 556 g/mol. The number of hydrogen-bond acceptors (Lipinski definition) is 7. The van der Waals surface area contributed by atoms with Crippen LogP contribution in [0.4, 0.5) is 28.4 Å². The van der Waals surface area contributed by atoms with Crippen molar-refractivity contribution >= 4 is 43.8 Å². The fraction of sp³-hybridized carbons (Fsp3) is 0.417. The summed E-state index contributed by atoms with van der Waals surface area (Å²) in [6.45, 7) is 4.84. The summed E-state index contributed by atoms with van der Waals surface area (Å²) >= 11 is 6.79. The fourth-order valence-corrected chi connectivity index (χ4v) is 6.44. The molecule has 2 saturated heterocycles. The highest BCUT2D eigenvalue weighted by Crippen LogP contribution is 2.46. The largest absolute Gasteiger partial charge is 0.416 e. The molecule has 3 heterocycles. The van der Waals surface area contributed by atoms with Gasteiger partial charge in [-0.05, 0) is 48.9 Å². The molecular formula is C24H21ClF4N4O3S. The summed E-state index contributed by atoms with van der Waals surface area (Å²) in [4.78, 5) is 31.4. The number of halogens is 5. The maximum atomic E-state index is 13.5. The van der Waals surface area contributed by atoms with Gasteiger partial charge in [-0.3, -0.25) is 19.8 Å². The summed E-state index contributed by atoms with van der Waals surface area (Å²) in [6.07, 6.45) is -3.22. The first kappa shape index (κ1) is 25.8. The Kier molecular flexibility index (Phi) is 6.40. The number of fused-ring (bicyclic) bond motifs is 1. The molecule has 13 heteroatoms. The lowest BCUT2D eigenvalue weighted by Crippen LogP contribution is -2.60. The standard InChI is InChI=1S/C24H21ClF4N4O3S/c1-13(14-2-3-18(26)17(25)8-14)32-11-23(12-32)4-6-31(7-5-23)22-30-21(34)16-9-15(24(27,28)29)10-19(33(35)36)20(16)37-22/h2-3,8-10,13H,4-7,11-12H2,1H3. The highest BCUT2D eigenvalue weighted by atomic mass is 35.5. The van der Waals surface area contributed by atoms with Gasteiger partial charge in [-0.1, -0.05) is 29.0 Å². The molecule has 1 aromatic heterocycles. The van der Waals surface area contributed by atoms with Crippen molar-refractivity contribution in [2.24, 2.45) is 5.41 Å². The molecule has 0 aliphatic carbocycles. The summed E-state index contributed by atoms with van der Waals surface area (Å²) in [7, 11) is 0. The fourth-order valence-electron chi connectivity index (χ4n) is 5.14. The second kappa shape index (κ2) is 9.17. The van der Waals surface area contributed by atoms with Crippen LogP contribution in [-0.4, -0.2) is 41.0 Å². The maximum Gasteiger partial charge on any atom is 0.416 e. The molecule has 0 bridgehead atoms. The molecule has 0 amide bonds. The lowest BCUT2D eigenvalue weighted by molar-refractivity contribution is -0.383. The van der Waals surface area contributed by atoms with Crippen LogP contribution in [0.1, 0.15) is 36.9 Å². The van der Waals surface area contributed by atoms with Crippen LogP contribution in [0.3, 0.4) is 0 Å². The van der Waals surface area contributed by atoms with Gasteiger partial charge in [0.1, 0.15) is 10.5 Å². The molecular weight excluding hydrogens is 536 g/mol. The Bertz CT molecular complexity index is 1450. The molecule has 5 rings (SSSR count). The third-order valence-electron chi connectivity index (χ3n) is 7.36. The van der Waals surface area contributed by atoms with E-state index in [-0.39, 0.29) is 26.3 Å². The van der Waals surface area contributed by atoms with E-state index in [9.17, 15) is 32.5 Å². The van der Waals surface area contributed by atoms with Gasteiger partial charge in [-0.15, -0.1) is 0 Å². The molecule has 2 aliphatic rings. The summed E-state index contributed by atoms with van der Waals surface area (Å²) in [5, 5.41) is 11.5. The normalized spacial score (nSPS) is 18.7. The third-order valence-corrected chi connectivity index (χ3v) is 8.81. The van der Waals surface area contributed by atoms with Crippen molar-refractivity contribution < 1.29 is 22.5 Å². The molecule has 2 aromatic carbocycles. The number of likely N-dealkylation sites (tertiary alicyclic amines) is 1. The second-order valence-corrected chi connectivity index (χ2v) is 11.1. The van der Waals surface area contributed by atoms with Gasteiger partial charge in [0.15, 0.2) is 5.13 Å². The van der Waals surface area contributed by atoms with Crippen LogP contribution in [0.2, 0.25) is 5.02 Å². The Morgan fingerprint density at radius 2 is 1.86 bits per heavy atom. The van der Waals surface area contributed by atoms with Gasteiger partial charge in [-0.2, -0.15) is 18.2 Å². The summed E-state index contributed by atoms with van der Waals surface area (Å²) < 4.78 is 53.0. The average molecular weight is 557 g/mol. The van der Waals surface area contributed by atoms with E-state index in [0.29, 0.717) is 25.2 Å². The summed E-state index contributed by atoms with van der Waals surface area (Å²) in [5.41, 5.74) is -1.92. The molecule has 0 radical (unpaired) electrons. The SMILES string of the molecule is CC(c1ccc(F)c(Cl)c1)N1CC2(CCN(c3nc(=O)c4cc(C(F)(F)F)cc([N+](=O)[O-])c4s3)CC2)C1. The number of alkyl halides is 3. The molecule has 0 saturated carbocycles. The molecule has 2 aliphatic heterocycles. The Balaban J connectivity index is 1.32. The number of nitro benzene ring substituents is 1. The third kappa shape index (κ3) is 4.77. The average Bonchev–Trinajstić information content (AvgIpc) is 2.82. The van der Waals surface area contributed by atoms with Crippen LogP contribution in [0.15, 0.2) is 35.1 Å². The van der Waals surface area contributed by atoms with Gasteiger partial charge in [-0.25, -0.2) is 4.39 Å². The molecule has 196 valence electrons. The van der Waals surface area contributed by atoms with E-state index < -0.39 is 39.1 Å². The van der Waals surface area contributed by atoms with E-state index >= 15 is 0 Å². The van der Waals surface area contributed by atoms with E-state index in [4.69, 9.17) is 11.6 Å². The molecule has 7 nitrogen and oxygen atoms in total. The van der Waals surface area contributed by atoms with Crippen molar-refractivity contribution in [3.63, 3.8) is 0 Å². The van der Waals surface area contributed by atoms with Gasteiger partial charge in [0.2, 0.25) is 0 Å². The Labute approximate surface area is 217 Å². The van der Waals surface area contributed by atoms with Gasteiger partial charge in [0.25, 0.3) is 11.2 Å². The van der Waals surface area contributed by atoms with Gasteiger partial charge in [0, 0.05) is 38.3 Å². The van der Waals surface area contributed by atoms with Crippen LogP contribution in [0, 0.1) is 21.3 Å². The first-order valence-electron chi connectivity index (χ1n) is 11.5. The van der Waals surface area contributed by atoms with Crippen LogP contribution < -0.4 is 10.5 Å². The van der Waals surface area contributed by atoms with Crippen molar-refractivity contribution in [2.45, 2.75) is 32.0 Å². The van der Waals surface area contributed by atoms with E-state index in [0.717, 1.165) is 42.8 Å². The minimum Gasteiger partial charge on any atom is -0.348 e. The lowest BCUT2D eigenvalue weighted by Gasteiger charge is -2.56. The van der Waals surface area contributed by atoms with Crippen molar-refractivity contribution in [3.8, 4) is 0 Å². The number of nitrogens with zero attached hydrogens (tertiary/aromatic N) is 4. The zero-order valence-corrected chi connectivity index (χ0v) is 21.1. The minimum atomic E-state index is -4.83. The van der Waals surface area contributed by atoms with E-state index in [1.54, 1.807) is 12.1 Å². The van der Waals surface area contributed by atoms with Crippen molar-refractivity contribution in [1.82, 2.24) is 9.88 Å². The van der Waals surface area contributed by atoms with Crippen LogP contribution in [-0.2, 0) is 6.18 Å². The number of rotatable bonds is 4. The smallest absolute Gasteiger partial charge is 0.348 e. The topological polar surface area (TPSA) is 79.6 Å². The van der Waals surface area contributed by atoms with E-state index in [2.05, 4.69) is 9.88 Å². The summed E-state index contributed by atoms with van der Waals surface area (Å²) in [6, 6.07) is 5.88. The Morgan fingerprint density at radius 3 is 2.46 bits per heavy atom. The first-order valence-corrected chi connectivity index (χ1v) is 12.7. The van der Waals surface area contributed by atoms with E-state index in [1.165, 1.54) is 6.07 Å². The van der Waals surface area contributed by atoms with E-state index in [1.807, 2.05) is 11.8 Å². The molecule has 1 unspecified atom stereocenters. The highest BCUT2D eigenvalue weighted by Gasteiger charge is 2.46. The predicted molar refractivity (Wildman–Crippen MR) is 133 cm³/mol. The maximum absolute atomic E-state index is 13.5. The number of benzene rings is 2. The molecule has 3 aromatic rings. The number of hydrogen-bond donors (Lipinski definition) is 0. The number of piperidine rings is 1. The number of anilines is 1.